The van der Waals surface area contributed by atoms with Gasteiger partial charge in [-0.2, -0.15) is 0 Å². The number of hydrogen-bond acceptors (Lipinski definition) is 14. The Hall–Kier alpha value is -6.85. The molecule has 2 aliphatic heterocycles. The predicted octanol–water partition coefficient (Wildman–Crippen LogP) is 16.3. The van der Waals surface area contributed by atoms with Crippen molar-refractivity contribution in [3.8, 4) is 91.5 Å². The first-order valence-electron chi connectivity index (χ1n) is 29.9. The van der Waals surface area contributed by atoms with Gasteiger partial charge < -0.3 is 47.9 Å². The van der Waals surface area contributed by atoms with Crippen molar-refractivity contribution in [2.75, 3.05) is 52.9 Å². The third-order valence-electron chi connectivity index (χ3n) is 14.1. The second-order valence-corrected chi connectivity index (χ2v) is 20.4. The maximum absolute atomic E-state index is 7.04. The zero-order valence-electron chi connectivity index (χ0n) is 48.9. The number of aromatic nitrogens is 8. The van der Waals surface area contributed by atoms with E-state index < -0.39 is 0 Å². The Kier molecular flexibility index (Phi) is 22.1. The zero-order valence-corrected chi connectivity index (χ0v) is 49.9. The van der Waals surface area contributed by atoms with Crippen molar-refractivity contribution in [1.29, 1.82) is 0 Å². The van der Waals surface area contributed by atoms with Gasteiger partial charge in [-0.15, -0.1) is 0 Å². The van der Waals surface area contributed by atoms with Crippen molar-refractivity contribution in [2.24, 2.45) is 0 Å². The molecule has 2 N–H and O–H groups in total. The average molecular weight is 1150 g/mol. The van der Waals surface area contributed by atoms with Gasteiger partial charge in [0.15, 0.2) is 46.3 Å². The minimum Gasteiger partial charge on any atom is -0.489 e. The van der Waals surface area contributed by atoms with Crippen LogP contribution in [0.4, 0.5) is 0 Å². The van der Waals surface area contributed by atoms with Gasteiger partial charge in [0.05, 0.1) is 74.8 Å². The van der Waals surface area contributed by atoms with Crippen molar-refractivity contribution in [1.82, 2.24) is 39.9 Å². The summed E-state index contributed by atoms with van der Waals surface area (Å²) in [5.41, 5.74) is 4.73. The largest absolute Gasteiger partial charge is 0.489 e. The number of aromatic amines is 2. The summed E-state index contributed by atoms with van der Waals surface area (Å²) < 4.78 is 55.7. The average Bonchev–Trinajstić information content (AvgIpc) is 4.43. The SMILES string of the molecule is CCCCOc1c(OCCCC)c(OCCCC)c2c(c1OCCCC)-c1nc-2nc2[nH]c(nc3nc(nc4[nH]c(n1)c1ccccc41)-c1ccccc1-3)c1c(OCCCC)c(OCCCC)c(OCCCC)c(OCCCC)c21.[Co]. The molecule has 0 aliphatic carbocycles. The molecule has 0 saturated heterocycles. The number of unbranched alkanes of at least 4 members (excludes halogenated alkanes) is 8. The van der Waals surface area contributed by atoms with Gasteiger partial charge in [0.25, 0.3) is 0 Å². The third kappa shape index (κ3) is 13.3. The fraction of sp³-hybridized carbons (Fsp3) is 0.500. The van der Waals surface area contributed by atoms with E-state index in [-0.39, 0.29) is 16.8 Å². The summed E-state index contributed by atoms with van der Waals surface area (Å²) in [4.78, 5) is 40.1. The van der Waals surface area contributed by atoms with Crippen LogP contribution >= 0.6 is 0 Å². The number of rotatable bonds is 32. The molecule has 0 atom stereocenters. The molecule has 0 saturated carbocycles. The molecule has 16 nitrogen and oxygen atoms in total. The predicted molar refractivity (Wildman–Crippen MR) is 319 cm³/mol. The molecule has 435 valence electrons. The van der Waals surface area contributed by atoms with E-state index in [0.717, 1.165) is 125 Å². The summed E-state index contributed by atoms with van der Waals surface area (Å²) in [6.45, 7) is 20.5. The minimum atomic E-state index is 0. The van der Waals surface area contributed by atoms with Crippen LogP contribution in [0.2, 0.25) is 0 Å². The smallest absolute Gasteiger partial charge is 0.208 e. The molecule has 0 unspecified atom stereocenters. The molecule has 7 aromatic rings. The van der Waals surface area contributed by atoms with Gasteiger partial charge in [-0.1, -0.05) is 155 Å². The summed E-state index contributed by atoms with van der Waals surface area (Å²) in [7, 11) is 0. The molecule has 0 amide bonds. The van der Waals surface area contributed by atoms with E-state index in [4.69, 9.17) is 67.8 Å². The molecule has 5 heterocycles. The number of fused-ring (bicyclic) bond motifs is 20. The Morgan fingerprint density at radius 2 is 0.556 bits per heavy atom. The molecule has 9 rings (SSSR count). The van der Waals surface area contributed by atoms with Gasteiger partial charge in [-0.05, 0) is 51.4 Å². The summed E-state index contributed by atoms with van der Waals surface area (Å²) in [6, 6.07) is 16.1. The van der Waals surface area contributed by atoms with E-state index in [1.54, 1.807) is 0 Å². The van der Waals surface area contributed by atoms with Gasteiger partial charge in [0.2, 0.25) is 23.0 Å². The molecule has 0 fully saturated rings. The number of benzene rings is 4. The zero-order chi connectivity index (χ0) is 55.8. The van der Waals surface area contributed by atoms with Gasteiger partial charge in [-0.25, -0.2) is 29.9 Å². The monoisotopic (exact) mass is 1150 g/mol. The van der Waals surface area contributed by atoms with Crippen molar-refractivity contribution < 1.29 is 54.7 Å². The molecular formula is C64H82CoN8O8. The van der Waals surface area contributed by atoms with Crippen LogP contribution in [-0.2, 0) is 16.8 Å². The Balaban J connectivity index is 0.00000860. The van der Waals surface area contributed by atoms with Crippen LogP contribution in [0.3, 0.4) is 0 Å². The van der Waals surface area contributed by atoms with E-state index in [1.165, 1.54) is 0 Å². The molecule has 0 spiro atoms. The van der Waals surface area contributed by atoms with Crippen LogP contribution < -0.4 is 37.9 Å². The van der Waals surface area contributed by atoms with Gasteiger partial charge in [-0.3, -0.25) is 0 Å². The number of H-pyrrole nitrogens is 2. The summed E-state index contributed by atoms with van der Waals surface area (Å²) in [5, 5.41) is 2.90. The van der Waals surface area contributed by atoms with Crippen LogP contribution in [-0.4, -0.2) is 92.7 Å². The first-order chi connectivity index (χ1) is 39.4. The standard InChI is InChI=1S/C64H82N8O8.Co/c1-9-17-33-73-49-45-47(51(75-35-19-11-3)55(79-39-23-15-7)53(49)77-37-21-13-5)63-70-61(45)68-59-43-31-27-25-29-41(43)57(66-59)65-58-42-30-26-28-32-44(42)60(67-58)69-62-46-48(64(71-62)72-63)52(76-36-20-12-4)56(80-40-24-16-8)54(78-38-22-14-6)50(46)74-34-18-10-2;/h25-32H,9-24,33-40H2,1-8H3,(H2,65,66,67,68,69,70,71,72);. The number of hydrogen-bond donors (Lipinski definition) is 2. The molecular weight excluding hydrogens is 1070 g/mol. The van der Waals surface area contributed by atoms with Crippen LogP contribution in [0.25, 0.3) is 89.7 Å². The Morgan fingerprint density at radius 3 is 0.914 bits per heavy atom. The Bertz CT molecular complexity index is 3400. The van der Waals surface area contributed by atoms with Crippen LogP contribution in [0.15, 0.2) is 48.5 Å². The van der Waals surface area contributed by atoms with E-state index in [1.807, 2.05) is 48.5 Å². The maximum Gasteiger partial charge on any atom is 0.208 e. The van der Waals surface area contributed by atoms with Crippen molar-refractivity contribution in [3.63, 3.8) is 0 Å². The van der Waals surface area contributed by atoms with Crippen LogP contribution in [0, 0.1) is 0 Å². The molecule has 81 heavy (non-hydrogen) atoms. The van der Waals surface area contributed by atoms with E-state index >= 15 is 0 Å². The molecule has 8 bridgehead atoms. The van der Waals surface area contributed by atoms with Crippen molar-refractivity contribution in [3.05, 3.63) is 48.5 Å². The van der Waals surface area contributed by atoms with Gasteiger partial charge >= 0.3 is 0 Å². The molecule has 2 aliphatic rings. The van der Waals surface area contributed by atoms with E-state index in [9.17, 15) is 0 Å². The van der Waals surface area contributed by atoms with Gasteiger partial charge in [0, 0.05) is 38.7 Å². The third-order valence-corrected chi connectivity index (χ3v) is 14.1. The van der Waals surface area contributed by atoms with E-state index in [2.05, 4.69) is 65.4 Å². The number of nitrogens with one attached hydrogen (secondary N) is 2. The molecule has 1 radical (unpaired) electrons. The topological polar surface area (TPSA) is 183 Å². The minimum absolute atomic E-state index is 0. The second-order valence-electron chi connectivity index (χ2n) is 20.4. The first kappa shape index (κ1) is 60.2. The van der Waals surface area contributed by atoms with Gasteiger partial charge in [0.1, 0.15) is 22.6 Å². The quantitative estimate of drug-likeness (QED) is 0.0380. The van der Waals surface area contributed by atoms with Crippen molar-refractivity contribution >= 4 is 44.1 Å². The molecule has 4 aromatic carbocycles. The maximum atomic E-state index is 7.04. The molecule has 3 aromatic heterocycles. The normalized spacial score (nSPS) is 11.6. The fourth-order valence-electron chi connectivity index (χ4n) is 9.61. The van der Waals surface area contributed by atoms with Crippen LogP contribution in [0.1, 0.15) is 158 Å². The summed E-state index contributed by atoms with van der Waals surface area (Å²) >= 11 is 0. The summed E-state index contributed by atoms with van der Waals surface area (Å²) in [5.74, 6) is 5.28. The fourth-order valence-corrected chi connectivity index (χ4v) is 9.61. The van der Waals surface area contributed by atoms with Crippen molar-refractivity contribution in [2.45, 2.75) is 158 Å². The van der Waals surface area contributed by atoms with E-state index in [0.29, 0.717) is 167 Å². The Morgan fingerprint density at radius 1 is 0.296 bits per heavy atom. The van der Waals surface area contributed by atoms with Crippen LogP contribution in [0.5, 0.6) is 46.0 Å². The number of nitrogens with zero attached hydrogens (tertiary/aromatic N) is 6. The molecule has 17 heteroatoms. The summed E-state index contributed by atoms with van der Waals surface area (Å²) in [6.07, 6.45) is 13.8. The second kappa shape index (κ2) is 29.7. The number of ether oxygens (including phenoxy) is 8. The Labute approximate surface area is 487 Å². The first-order valence-corrected chi connectivity index (χ1v) is 29.9.